The van der Waals surface area contributed by atoms with Gasteiger partial charge in [0.15, 0.2) is 0 Å². The zero-order chi connectivity index (χ0) is 26.8. The summed E-state index contributed by atoms with van der Waals surface area (Å²) >= 11 is 0. The molecular weight excluding hydrogens is 476 g/mol. The molecule has 0 spiro atoms. The van der Waals surface area contributed by atoms with Crippen LogP contribution in [0.4, 0.5) is 0 Å². The molecule has 5 rings (SSSR count). The van der Waals surface area contributed by atoms with Crippen LogP contribution in [0.1, 0.15) is 44.0 Å². The number of nitrogens with zero attached hydrogens (tertiary/aromatic N) is 2. The minimum atomic E-state index is -0.449. The SMILES string of the molecule is COC(=O)c1cccc2c1nc1cc3oc(=O)c(-c4ccccc4)c3cc1n2C/C=C(\C)CCC=C(C)C. The standard InChI is InChI=1S/C32H30N2O4/c1-20(2)10-8-11-21(3)16-17-34-26-15-9-14-23(31(35)37-4)30(26)33-25-19-28-24(18-27(25)34)29(32(36)38-28)22-12-6-5-7-13-22/h5-7,9-10,12-16,18-19H,8,11,17H2,1-4H3/b21-16+. The minimum absolute atomic E-state index is 0.386. The Kier molecular flexibility index (Phi) is 6.97. The normalized spacial score (nSPS) is 11.8. The van der Waals surface area contributed by atoms with E-state index in [1.165, 1.54) is 18.3 Å². The summed E-state index contributed by atoms with van der Waals surface area (Å²) in [5, 5.41) is 0.733. The zero-order valence-corrected chi connectivity index (χ0v) is 22.1. The molecule has 192 valence electrons. The molecule has 3 aromatic carbocycles. The lowest BCUT2D eigenvalue weighted by atomic mass is 10.0. The Labute approximate surface area is 220 Å². The molecule has 0 aliphatic rings. The van der Waals surface area contributed by atoms with Crippen LogP contribution in [0.15, 0.2) is 93.2 Å². The van der Waals surface area contributed by atoms with Gasteiger partial charge in [0.25, 0.3) is 0 Å². The Morgan fingerprint density at radius 2 is 1.79 bits per heavy atom. The molecule has 2 heterocycles. The highest BCUT2D eigenvalue weighted by Crippen LogP contribution is 2.32. The van der Waals surface area contributed by atoms with Gasteiger partial charge in [-0.25, -0.2) is 14.6 Å². The molecular formula is C32H30N2O4. The van der Waals surface area contributed by atoms with Crippen LogP contribution in [0.5, 0.6) is 0 Å². The van der Waals surface area contributed by atoms with Gasteiger partial charge in [0.1, 0.15) is 11.1 Å². The molecule has 0 radical (unpaired) electrons. The number of furan rings is 1. The molecule has 0 saturated heterocycles. The molecule has 6 heteroatoms. The smallest absolute Gasteiger partial charge is 0.344 e. The highest BCUT2D eigenvalue weighted by molar-refractivity contribution is 6.06. The summed E-state index contributed by atoms with van der Waals surface area (Å²) in [6.07, 6.45) is 6.40. The fourth-order valence-corrected chi connectivity index (χ4v) is 4.81. The second-order valence-electron chi connectivity index (χ2n) is 9.73. The molecule has 0 bridgehead atoms. The van der Waals surface area contributed by atoms with Crippen LogP contribution in [0.25, 0.3) is 44.2 Å². The largest absolute Gasteiger partial charge is 0.465 e. The van der Waals surface area contributed by atoms with Gasteiger partial charge in [-0.05, 0) is 57.4 Å². The van der Waals surface area contributed by atoms with E-state index in [2.05, 4.69) is 37.5 Å². The number of aromatic nitrogens is 2. The summed E-state index contributed by atoms with van der Waals surface area (Å²) in [5.74, 6) is -0.449. The number of para-hydroxylation sites is 1. The van der Waals surface area contributed by atoms with E-state index in [4.69, 9.17) is 14.1 Å². The summed E-state index contributed by atoms with van der Waals surface area (Å²) in [5.41, 5.74) is 7.20. The lowest BCUT2D eigenvalue weighted by Gasteiger charge is -2.16. The number of ether oxygens (including phenoxy) is 1. The number of allylic oxidation sites excluding steroid dienone is 4. The van der Waals surface area contributed by atoms with Gasteiger partial charge in [0, 0.05) is 18.0 Å². The van der Waals surface area contributed by atoms with E-state index in [1.54, 1.807) is 12.1 Å². The third-order valence-corrected chi connectivity index (χ3v) is 6.76. The van der Waals surface area contributed by atoms with Crippen LogP contribution in [-0.2, 0) is 11.3 Å². The molecule has 0 fully saturated rings. The van der Waals surface area contributed by atoms with Gasteiger partial charge in [-0.3, -0.25) is 0 Å². The lowest BCUT2D eigenvalue weighted by molar-refractivity contribution is 0.0602. The van der Waals surface area contributed by atoms with Gasteiger partial charge in [0.2, 0.25) is 0 Å². The molecule has 2 aromatic heterocycles. The predicted molar refractivity (Wildman–Crippen MR) is 152 cm³/mol. The number of carbonyl (C=O) groups is 1. The third-order valence-electron chi connectivity index (χ3n) is 6.76. The maximum atomic E-state index is 12.9. The number of hydrogen-bond donors (Lipinski definition) is 0. The monoisotopic (exact) mass is 506 g/mol. The van der Waals surface area contributed by atoms with Crippen LogP contribution in [0.3, 0.4) is 0 Å². The van der Waals surface area contributed by atoms with Gasteiger partial charge in [0.05, 0.1) is 34.8 Å². The molecule has 0 saturated carbocycles. The van der Waals surface area contributed by atoms with Crippen LogP contribution in [0.2, 0.25) is 0 Å². The Morgan fingerprint density at radius 3 is 2.53 bits per heavy atom. The van der Waals surface area contributed by atoms with Crippen molar-refractivity contribution < 1.29 is 13.9 Å². The molecule has 38 heavy (non-hydrogen) atoms. The quantitative estimate of drug-likeness (QED) is 0.130. The summed E-state index contributed by atoms with van der Waals surface area (Å²) < 4.78 is 12.8. The Bertz CT molecular complexity index is 1790. The van der Waals surface area contributed by atoms with E-state index in [0.717, 1.165) is 34.8 Å². The third kappa shape index (κ3) is 4.77. The molecule has 0 aliphatic carbocycles. The molecule has 0 amide bonds. The average Bonchev–Trinajstić information content (AvgIpc) is 3.23. The highest BCUT2D eigenvalue weighted by Gasteiger charge is 2.19. The van der Waals surface area contributed by atoms with Crippen LogP contribution in [0, 0.1) is 0 Å². The number of fused-ring (bicyclic) bond motifs is 3. The second kappa shape index (κ2) is 10.5. The van der Waals surface area contributed by atoms with Gasteiger partial charge >= 0.3 is 11.6 Å². The van der Waals surface area contributed by atoms with E-state index < -0.39 is 5.97 Å². The summed E-state index contributed by atoms with van der Waals surface area (Å²) in [6, 6.07) is 18.8. The van der Waals surface area contributed by atoms with E-state index in [0.29, 0.717) is 34.3 Å². The van der Waals surface area contributed by atoms with Crippen molar-refractivity contribution in [2.45, 2.75) is 40.2 Å². The van der Waals surface area contributed by atoms with Crippen LogP contribution >= 0.6 is 0 Å². The molecule has 0 N–H and O–H groups in total. The fraction of sp³-hybridized carbons (Fsp3) is 0.219. The Hall–Kier alpha value is -4.45. The predicted octanol–water partition coefficient (Wildman–Crippen LogP) is 7.44. The zero-order valence-electron chi connectivity index (χ0n) is 22.1. The Morgan fingerprint density at radius 1 is 1.00 bits per heavy atom. The molecule has 6 nitrogen and oxygen atoms in total. The minimum Gasteiger partial charge on any atom is -0.465 e. The van der Waals surface area contributed by atoms with Gasteiger partial charge in [-0.1, -0.05) is 59.7 Å². The fourth-order valence-electron chi connectivity index (χ4n) is 4.81. The van der Waals surface area contributed by atoms with Crippen molar-refractivity contribution >= 4 is 39.0 Å². The van der Waals surface area contributed by atoms with Crippen molar-refractivity contribution in [3.63, 3.8) is 0 Å². The summed E-state index contributed by atoms with van der Waals surface area (Å²) in [4.78, 5) is 30.3. The number of benzene rings is 3. The van der Waals surface area contributed by atoms with Crippen LogP contribution in [-0.4, -0.2) is 22.6 Å². The first-order valence-corrected chi connectivity index (χ1v) is 12.7. The van der Waals surface area contributed by atoms with Crippen molar-refractivity contribution in [1.82, 2.24) is 9.55 Å². The number of hydrogen-bond acceptors (Lipinski definition) is 5. The van der Waals surface area contributed by atoms with E-state index in [9.17, 15) is 9.59 Å². The van der Waals surface area contributed by atoms with Gasteiger partial charge in [-0.2, -0.15) is 0 Å². The lowest BCUT2D eigenvalue weighted by Crippen LogP contribution is -2.08. The number of rotatable bonds is 7. The summed E-state index contributed by atoms with van der Waals surface area (Å²) in [7, 11) is 1.36. The molecule has 5 aromatic rings. The van der Waals surface area contributed by atoms with Crippen molar-refractivity contribution in [2.24, 2.45) is 0 Å². The first kappa shape index (κ1) is 25.2. The first-order valence-electron chi connectivity index (χ1n) is 12.7. The maximum absolute atomic E-state index is 12.9. The summed E-state index contributed by atoms with van der Waals surface area (Å²) in [6.45, 7) is 6.93. The van der Waals surface area contributed by atoms with E-state index in [1.807, 2.05) is 48.5 Å². The molecule has 0 atom stereocenters. The van der Waals surface area contributed by atoms with Crippen molar-refractivity contribution in [3.8, 4) is 11.1 Å². The Balaban J connectivity index is 1.76. The molecule has 0 unspecified atom stereocenters. The van der Waals surface area contributed by atoms with Gasteiger partial charge in [-0.15, -0.1) is 0 Å². The number of carbonyl (C=O) groups excluding carboxylic acids is 1. The van der Waals surface area contributed by atoms with Gasteiger partial charge < -0.3 is 13.7 Å². The highest BCUT2D eigenvalue weighted by atomic mass is 16.5. The molecule has 0 aliphatic heterocycles. The number of esters is 1. The average molecular weight is 507 g/mol. The first-order chi connectivity index (χ1) is 18.4. The topological polar surface area (TPSA) is 74.3 Å². The van der Waals surface area contributed by atoms with E-state index in [-0.39, 0.29) is 5.63 Å². The number of methoxy groups -OCH3 is 1. The van der Waals surface area contributed by atoms with Crippen molar-refractivity contribution in [1.29, 1.82) is 0 Å². The van der Waals surface area contributed by atoms with Crippen molar-refractivity contribution in [3.05, 3.63) is 99.9 Å². The van der Waals surface area contributed by atoms with Crippen LogP contribution < -0.4 is 5.63 Å². The second-order valence-corrected chi connectivity index (χ2v) is 9.73. The van der Waals surface area contributed by atoms with Crippen molar-refractivity contribution in [2.75, 3.05) is 7.11 Å². The van der Waals surface area contributed by atoms with E-state index >= 15 is 0 Å². The maximum Gasteiger partial charge on any atom is 0.344 e.